The van der Waals surface area contributed by atoms with Gasteiger partial charge in [-0.15, -0.1) is 0 Å². The molecule has 1 heterocycles. The average Bonchev–Trinajstić information content (AvgIpc) is 3.20. The van der Waals surface area contributed by atoms with Gasteiger partial charge in [-0.1, -0.05) is 47.8 Å². The molecule has 1 N–H and O–H groups in total. The van der Waals surface area contributed by atoms with Crippen molar-refractivity contribution in [2.45, 2.75) is 50.3 Å². The topological polar surface area (TPSA) is 61.8 Å². The van der Waals surface area contributed by atoms with Gasteiger partial charge in [0.05, 0.1) is 10.7 Å². The van der Waals surface area contributed by atoms with Crippen LogP contribution in [0, 0.1) is 0 Å². The minimum Gasteiger partial charge on any atom is -0.325 e. The summed E-state index contributed by atoms with van der Waals surface area (Å²) in [6, 6.07) is 5.10. The van der Waals surface area contributed by atoms with E-state index in [4.69, 9.17) is 23.2 Å². The van der Waals surface area contributed by atoms with E-state index in [0.29, 0.717) is 22.3 Å². The van der Waals surface area contributed by atoms with E-state index in [2.05, 4.69) is 10.3 Å². The number of amidine groups is 1. The van der Waals surface area contributed by atoms with Gasteiger partial charge >= 0.3 is 0 Å². The van der Waals surface area contributed by atoms with Crippen molar-refractivity contribution in [3.05, 3.63) is 28.2 Å². The number of carbonyl (C=O) groups excluding carboxylic acids is 2. The van der Waals surface area contributed by atoms with Crippen LogP contribution in [0.5, 0.6) is 0 Å². The van der Waals surface area contributed by atoms with Gasteiger partial charge in [0, 0.05) is 24.0 Å². The second kappa shape index (κ2) is 8.63. The Bertz CT molecular complexity index is 735. The van der Waals surface area contributed by atoms with E-state index < -0.39 is 5.25 Å². The van der Waals surface area contributed by atoms with E-state index in [1.165, 1.54) is 11.8 Å². The Kier molecular flexibility index (Phi) is 6.48. The summed E-state index contributed by atoms with van der Waals surface area (Å²) in [4.78, 5) is 31.6. The molecular formula is C18H21Cl2N3O2S. The summed E-state index contributed by atoms with van der Waals surface area (Å²) in [6.07, 6.45) is 4.37. The van der Waals surface area contributed by atoms with Crippen molar-refractivity contribution in [3.63, 3.8) is 0 Å². The van der Waals surface area contributed by atoms with Gasteiger partial charge in [-0.2, -0.15) is 0 Å². The predicted octanol–water partition coefficient (Wildman–Crippen LogP) is 4.58. The second-order valence-corrected chi connectivity index (χ2v) is 8.40. The molecular weight excluding hydrogens is 393 g/mol. The Morgan fingerprint density at radius 1 is 1.35 bits per heavy atom. The Morgan fingerprint density at radius 3 is 2.77 bits per heavy atom. The Hall–Kier alpha value is -1.24. The highest BCUT2D eigenvalue weighted by Gasteiger charge is 2.43. The smallest absolute Gasteiger partial charge is 0.242 e. The summed E-state index contributed by atoms with van der Waals surface area (Å²) >= 11 is 13.4. The summed E-state index contributed by atoms with van der Waals surface area (Å²) in [5.41, 5.74) is 0.453. The van der Waals surface area contributed by atoms with Crippen molar-refractivity contribution in [1.29, 1.82) is 0 Å². The molecule has 1 aromatic carbocycles. The van der Waals surface area contributed by atoms with E-state index in [9.17, 15) is 9.59 Å². The first-order valence-electron chi connectivity index (χ1n) is 8.78. The van der Waals surface area contributed by atoms with E-state index in [0.717, 1.165) is 30.9 Å². The maximum Gasteiger partial charge on any atom is 0.242 e. The Labute approximate surface area is 167 Å². The van der Waals surface area contributed by atoms with Crippen LogP contribution >= 0.6 is 35.0 Å². The van der Waals surface area contributed by atoms with Gasteiger partial charge in [0.25, 0.3) is 0 Å². The van der Waals surface area contributed by atoms with Gasteiger partial charge in [0.1, 0.15) is 5.25 Å². The lowest BCUT2D eigenvalue weighted by atomic mass is 10.2. The third-order valence-corrected chi connectivity index (χ3v) is 6.28. The molecule has 8 heteroatoms. The van der Waals surface area contributed by atoms with E-state index in [1.54, 1.807) is 18.2 Å². The van der Waals surface area contributed by atoms with Gasteiger partial charge in [-0.25, -0.2) is 0 Å². The summed E-state index contributed by atoms with van der Waals surface area (Å²) in [7, 11) is 0. The van der Waals surface area contributed by atoms with Crippen molar-refractivity contribution in [3.8, 4) is 0 Å². The number of hydrogen-bond donors (Lipinski definition) is 1. The number of hydrogen-bond acceptors (Lipinski definition) is 4. The molecule has 0 bridgehead atoms. The van der Waals surface area contributed by atoms with Crippen LogP contribution in [-0.2, 0) is 9.59 Å². The molecule has 0 unspecified atom stereocenters. The zero-order chi connectivity index (χ0) is 18.7. The SMILES string of the molecule is CCN=C1S[C@@H](CC(=O)Nc2cc(Cl)ccc2Cl)C(=O)N1C1CCCC1. The standard InChI is InChI=1S/C18H21Cl2N3O2S/c1-2-21-18-23(12-5-3-4-6-12)17(25)15(26-18)10-16(24)22-14-9-11(19)7-8-13(14)20/h7-9,12,15H,2-6,10H2,1H3,(H,22,24)/t15-/m0/s1. The minimum absolute atomic E-state index is 0.0126. The summed E-state index contributed by atoms with van der Waals surface area (Å²) in [6.45, 7) is 2.57. The molecule has 3 rings (SSSR count). The molecule has 2 amide bonds. The first-order valence-corrected chi connectivity index (χ1v) is 10.4. The minimum atomic E-state index is -0.446. The number of benzene rings is 1. The van der Waals surface area contributed by atoms with Crippen LogP contribution in [0.3, 0.4) is 0 Å². The normalized spacial score (nSPS) is 22.4. The van der Waals surface area contributed by atoms with Crippen molar-refractivity contribution >= 4 is 57.6 Å². The zero-order valence-electron chi connectivity index (χ0n) is 14.5. The van der Waals surface area contributed by atoms with Crippen molar-refractivity contribution < 1.29 is 9.59 Å². The zero-order valence-corrected chi connectivity index (χ0v) is 16.8. The molecule has 1 atom stereocenters. The van der Waals surface area contributed by atoms with Crippen LogP contribution in [0.2, 0.25) is 10.0 Å². The van der Waals surface area contributed by atoms with Crippen LogP contribution in [0.4, 0.5) is 5.69 Å². The van der Waals surface area contributed by atoms with Crippen LogP contribution in [0.1, 0.15) is 39.0 Å². The summed E-state index contributed by atoms with van der Waals surface area (Å²) in [5, 5.41) is 3.96. The van der Waals surface area contributed by atoms with E-state index >= 15 is 0 Å². The average molecular weight is 414 g/mol. The highest BCUT2D eigenvalue weighted by atomic mass is 35.5. The highest BCUT2D eigenvalue weighted by molar-refractivity contribution is 8.15. The van der Waals surface area contributed by atoms with Crippen LogP contribution in [-0.4, -0.2) is 39.7 Å². The number of nitrogens with one attached hydrogen (secondary N) is 1. The van der Waals surface area contributed by atoms with Gasteiger partial charge in [-0.3, -0.25) is 19.5 Å². The van der Waals surface area contributed by atoms with Gasteiger partial charge in [0.2, 0.25) is 11.8 Å². The van der Waals surface area contributed by atoms with Crippen molar-refractivity contribution in [2.75, 3.05) is 11.9 Å². The lowest BCUT2D eigenvalue weighted by Gasteiger charge is -2.23. The number of thioether (sulfide) groups is 1. The molecule has 0 aromatic heterocycles. The molecule has 2 fully saturated rings. The second-order valence-electron chi connectivity index (χ2n) is 6.39. The van der Waals surface area contributed by atoms with Crippen molar-refractivity contribution in [1.82, 2.24) is 4.90 Å². The quantitative estimate of drug-likeness (QED) is 0.767. The molecule has 1 aromatic rings. The number of nitrogens with zero attached hydrogens (tertiary/aromatic N) is 2. The van der Waals surface area contributed by atoms with E-state index in [-0.39, 0.29) is 24.3 Å². The molecule has 140 valence electrons. The lowest BCUT2D eigenvalue weighted by molar-refractivity contribution is -0.129. The molecule has 0 radical (unpaired) electrons. The number of aliphatic imine (C=N–C) groups is 1. The fourth-order valence-corrected chi connectivity index (χ4v) is 4.92. The predicted molar refractivity (Wildman–Crippen MR) is 108 cm³/mol. The Balaban J connectivity index is 1.69. The molecule has 1 aliphatic heterocycles. The molecule has 1 aliphatic carbocycles. The fourth-order valence-electron chi connectivity index (χ4n) is 3.32. The molecule has 1 saturated carbocycles. The van der Waals surface area contributed by atoms with Gasteiger partial charge in [0.15, 0.2) is 5.17 Å². The number of rotatable bonds is 5. The molecule has 2 aliphatic rings. The summed E-state index contributed by atoms with van der Waals surface area (Å²) < 4.78 is 0. The Morgan fingerprint density at radius 2 is 2.08 bits per heavy atom. The first-order chi connectivity index (χ1) is 12.5. The fraction of sp³-hybridized carbons (Fsp3) is 0.500. The van der Waals surface area contributed by atoms with E-state index in [1.807, 2.05) is 11.8 Å². The molecule has 1 saturated heterocycles. The molecule has 26 heavy (non-hydrogen) atoms. The maximum atomic E-state index is 12.9. The number of carbonyl (C=O) groups is 2. The number of halogens is 2. The third-order valence-electron chi connectivity index (χ3n) is 4.52. The van der Waals surface area contributed by atoms with Crippen LogP contribution in [0.25, 0.3) is 0 Å². The highest BCUT2D eigenvalue weighted by Crippen LogP contribution is 2.36. The number of amides is 2. The molecule has 0 spiro atoms. The van der Waals surface area contributed by atoms with Crippen molar-refractivity contribution in [2.24, 2.45) is 4.99 Å². The first kappa shape index (κ1) is 19.5. The van der Waals surface area contributed by atoms with Gasteiger partial charge in [-0.05, 0) is 38.0 Å². The summed E-state index contributed by atoms with van der Waals surface area (Å²) in [5.74, 6) is -0.273. The third kappa shape index (κ3) is 4.35. The maximum absolute atomic E-state index is 12.9. The molecule has 5 nitrogen and oxygen atoms in total. The van der Waals surface area contributed by atoms with Gasteiger partial charge < -0.3 is 5.32 Å². The number of anilines is 1. The lowest BCUT2D eigenvalue weighted by Crippen LogP contribution is -2.40. The monoisotopic (exact) mass is 413 g/mol. The van der Waals surface area contributed by atoms with Crippen LogP contribution < -0.4 is 5.32 Å². The largest absolute Gasteiger partial charge is 0.325 e. The van der Waals surface area contributed by atoms with Crippen LogP contribution in [0.15, 0.2) is 23.2 Å².